The summed E-state index contributed by atoms with van der Waals surface area (Å²) in [4.78, 5) is 0. The third-order valence-corrected chi connectivity index (χ3v) is 4.28. The molecule has 21 heavy (non-hydrogen) atoms. The molecule has 1 unspecified atom stereocenters. The molecule has 1 aromatic carbocycles. The zero-order chi connectivity index (χ0) is 15.3. The number of halogens is 1. The number of ether oxygens (including phenoxy) is 1. The van der Waals surface area contributed by atoms with Gasteiger partial charge in [0.2, 0.25) is 0 Å². The lowest BCUT2D eigenvalue weighted by atomic mass is 10.1. The zero-order valence-electron chi connectivity index (χ0n) is 13.5. The molecule has 0 aliphatic heterocycles. The average molecular weight is 310 g/mol. The third kappa shape index (κ3) is 5.98. The normalized spacial score (nSPS) is 18.1. The summed E-state index contributed by atoms with van der Waals surface area (Å²) in [6.45, 7) is 8.22. The summed E-state index contributed by atoms with van der Waals surface area (Å²) in [5.41, 5.74) is 1.25. The molecule has 1 aliphatic carbocycles. The first-order valence-corrected chi connectivity index (χ1v) is 8.44. The van der Waals surface area contributed by atoms with Crippen molar-refractivity contribution in [2.24, 2.45) is 5.92 Å². The quantitative estimate of drug-likeness (QED) is 0.800. The van der Waals surface area contributed by atoms with Crippen LogP contribution in [0.25, 0.3) is 0 Å². The van der Waals surface area contributed by atoms with Gasteiger partial charge in [-0.05, 0) is 57.2 Å². The lowest BCUT2D eigenvalue weighted by molar-refractivity contribution is 0.0260. The highest BCUT2D eigenvalue weighted by Gasteiger charge is 2.20. The van der Waals surface area contributed by atoms with E-state index in [1.165, 1.54) is 25.7 Å². The minimum absolute atomic E-state index is 0.0727. The number of hydrogen-bond acceptors (Lipinski definition) is 2. The summed E-state index contributed by atoms with van der Waals surface area (Å²) >= 11 is 6.13. The summed E-state index contributed by atoms with van der Waals surface area (Å²) in [6, 6.07) is 8.04. The monoisotopic (exact) mass is 309 g/mol. The Morgan fingerprint density at radius 2 is 2.00 bits per heavy atom. The van der Waals surface area contributed by atoms with E-state index in [4.69, 9.17) is 16.3 Å². The van der Waals surface area contributed by atoms with Crippen LogP contribution in [-0.4, -0.2) is 18.7 Å². The van der Waals surface area contributed by atoms with Crippen LogP contribution in [0.15, 0.2) is 24.3 Å². The first-order chi connectivity index (χ1) is 9.94. The molecule has 0 saturated heterocycles. The second-order valence-electron chi connectivity index (χ2n) is 7.16. The van der Waals surface area contributed by atoms with Gasteiger partial charge < -0.3 is 10.1 Å². The maximum Gasteiger partial charge on any atom is 0.0950 e. The average Bonchev–Trinajstić information content (AvgIpc) is 2.90. The first kappa shape index (κ1) is 16.8. The Hall–Kier alpha value is -0.570. The first-order valence-electron chi connectivity index (χ1n) is 8.06. The molecule has 118 valence electrons. The van der Waals surface area contributed by atoms with E-state index in [0.717, 1.165) is 29.7 Å². The van der Waals surface area contributed by atoms with E-state index in [1.54, 1.807) is 0 Å². The van der Waals surface area contributed by atoms with Crippen molar-refractivity contribution in [2.45, 2.75) is 58.1 Å². The fourth-order valence-corrected chi connectivity index (χ4v) is 3.01. The molecule has 1 aliphatic rings. The zero-order valence-corrected chi connectivity index (χ0v) is 14.2. The molecular formula is C18H28ClNO. The van der Waals surface area contributed by atoms with Crippen molar-refractivity contribution in [1.29, 1.82) is 0 Å². The van der Waals surface area contributed by atoms with Crippen molar-refractivity contribution in [1.82, 2.24) is 5.32 Å². The van der Waals surface area contributed by atoms with E-state index >= 15 is 0 Å². The van der Waals surface area contributed by atoms with Crippen molar-refractivity contribution < 1.29 is 4.74 Å². The molecule has 2 nitrogen and oxygen atoms in total. The van der Waals surface area contributed by atoms with Crippen LogP contribution >= 0.6 is 11.6 Å². The summed E-state index contributed by atoms with van der Waals surface area (Å²) in [5.74, 6) is 0.737. The summed E-state index contributed by atoms with van der Waals surface area (Å²) in [5, 5.41) is 4.32. The number of rotatable bonds is 6. The van der Waals surface area contributed by atoms with Crippen molar-refractivity contribution in [3.05, 3.63) is 34.9 Å². The van der Waals surface area contributed by atoms with E-state index in [-0.39, 0.29) is 11.6 Å². The summed E-state index contributed by atoms with van der Waals surface area (Å²) < 4.78 is 6.24. The molecule has 1 N–H and O–H groups in total. The van der Waals surface area contributed by atoms with Crippen LogP contribution in [-0.2, 0) is 4.74 Å². The lowest BCUT2D eigenvalue weighted by Gasteiger charge is -2.27. The molecule has 0 bridgehead atoms. The highest BCUT2D eigenvalue weighted by atomic mass is 35.5. The Labute approximate surface area is 134 Å². The highest BCUT2D eigenvalue weighted by Crippen LogP contribution is 2.28. The molecule has 0 aromatic heterocycles. The maximum absolute atomic E-state index is 6.24. The second-order valence-corrected chi connectivity index (χ2v) is 7.59. The maximum atomic E-state index is 6.24. The largest absolute Gasteiger partial charge is 0.372 e. The Kier molecular flexibility index (Phi) is 6.09. The van der Waals surface area contributed by atoms with Gasteiger partial charge in [-0.2, -0.15) is 0 Å². The number of benzene rings is 1. The van der Waals surface area contributed by atoms with Gasteiger partial charge in [0.05, 0.1) is 12.7 Å². The van der Waals surface area contributed by atoms with Gasteiger partial charge in [-0.1, -0.05) is 36.6 Å². The molecule has 0 spiro atoms. The van der Waals surface area contributed by atoms with Crippen LogP contribution in [0.1, 0.15) is 58.1 Å². The topological polar surface area (TPSA) is 21.3 Å². The van der Waals surface area contributed by atoms with Crippen LogP contribution in [0.5, 0.6) is 0 Å². The van der Waals surface area contributed by atoms with E-state index in [1.807, 2.05) is 18.2 Å². The van der Waals surface area contributed by atoms with Crippen molar-refractivity contribution in [3.63, 3.8) is 0 Å². The van der Waals surface area contributed by atoms with Gasteiger partial charge in [0, 0.05) is 17.1 Å². The highest BCUT2D eigenvalue weighted by molar-refractivity contribution is 6.30. The molecular weight excluding hydrogens is 282 g/mol. The Morgan fingerprint density at radius 1 is 1.29 bits per heavy atom. The SMILES string of the molecule is CC(C)(C)NCC(OCC1CCCC1)c1cccc(Cl)c1. The molecule has 1 atom stereocenters. The molecule has 0 radical (unpaired) electrons. The molecule has 1 saturated carbocycles. The lowest BCUT2D eigenvalue weighted by Crippen LogP contribution is -2.39. The summed E-state index contributed by atoms with van der Waals surface area (Å²) in [7, 11) is 0. The van der Waals surface area contributed by atoms with E-state index in [0.29, 0.717) is 0 Å². The smallest absolute Gasteiger partial charge is 0.0950 e. The van der Waals surface area contributed by atoms with Crippen LogP contribution in [0, 0.1) is 5.92 Å². The van der Waals surface area contributed by atoms with Gasteiger partial charge in [0.15, 0.2) is 0 Å². The van der Waals surface area contributed by atoms with Crippen molar-refractivity contribution in [3.8, 4) is 0 Å². The van der Waals surface area contributed by atoms with E-state index in [9.17, 15) is 0 Å². The van der Waals surface area contributed by atoms with Crippen LogP contribution in [0.2, 0.25) is 5.02 Å². The standard InChI is InChI=1S/C18H28ClNO/c1-18(2,3)20-12-17(15-9-6-10-16(19)11-15)21-13-14-7-4-5-8-14/h6,9-11,14,17,20H,4-5,7-8,12-13H2,1-3H3. The van der Waals surface area contributed by atoms with Crippen molar-refractivity contribution >= 4 is 11.6 Å². The molecule has 1 aromatic rings. The van der Waals surface area contributed by atoms with E-state index < -0.39 is 0 Å². The van der Waals surface area contributed by atoms with Gasteiger partial charge >= 0.3 is 0 Å². The van der Waals surface area contributed by atoms with Gasteiger partial charge in [-0.15, -0.1) is 0 Å². The van der Waals surface area contributed by atoms with Crippen LogP contribution in [0.3, 0.4) is 0 Å². The minimum atomic E-state index is 0.0727. The minimum Gasteiger partial charge on any atom is -0.372 e. The molecule has 1 fully saturated rings. The Bertz CT molecular complexity index is 435. The van der Waals surface area contributed by atoms with Gasteiger partial charge in [-0.3, -0.25) is 0 Å². The van der Waals surface area contributed by atoms with Gasteiger partial charge in [0.25, 0.3) is 0 Å². The predicted octanol–water partition coefficient (Wildman–Crippen LogP) is 4.98. The molecule has 0 amide bonds. The Morgan fingerprint density at radius 3 is 2.62 bits per heavy atom. The van der Waals surface area contributed by atoms with Crippen LogP contribution < -0.4 is 5.32 Å². The fraction of sp³-hybridized carbons (Fsp3) is 0.667. The number of hydrogen-bond donors (Lipinski definition) is 1. The van der Waals surface area contributed by atoms with Gasteiger partial charge in [-0.25, -0.2) is 0 Å². The predicted molar refractivity (Wildman–Crippen MR) is 89.9 cm³/mol. The third-order valence-electron chi connectivity index (χ3n) is 4.05. The summed E-state index contributed by atoms with van der Waals surface area (Å²) in [6.07, 6.45) is 5.42. The Balaban J connectivity index is 1.98. The molecule has 2 rings (SSSR count). The molecule has 0 heterocycles. The van der Waals surface area contributed by atoms with Gasteiger partial charge in [0.1, 0.15) is 0 Å². The van der Waals surface area contributed by atoms with E-state index in [2.05, 4.69) is 32.2 Å². The van der Waals surface area contributed by atoms with Crippen LogP contribution in [0.4, 0.5) is 0 Å². The van der Waals surface area contributed by atoms with Crippen molar-refractivity contribution in [2.75, 3.05) is 13.2 Å². The molecule has 3 heteroatoms. The second kappa shape index (κ2) is 7.62. The fourth-order valence-electron chi connectivity index (χ4n) is 2.81. The number of nitrogens with one attached hydrogen (secondary N) is 1.